The molecule has 7 heteroatoms. The molecule has 0 fully saturated rings. The number of aryl methyl sites for hydroxylation is 1. The molecule has 0 aliphatic carbocycles. The summed E-state index contributed by atoms with van der Waals surface area (Å²) in [6.45, 7) is 5.81. The standard InChI is InChI=1S/C23H20FN5O/c1-4-13(2)28-14(3)25-21-19(23(28)30)20-22(27-17-11-7-6-10-16(17)26-20)29(21)18-12-8-5-9-15(18)24/h5-13H,4H2,1-3H3. The minimum absolute atomic E-state index is 0.0188. The Morgan fingerprint density at radius 2 is 1.63 bits per heavy atom. The fourth-order valence-electron chi connectivity index (χ4n) is 3.97. The molecule has 150 valence electrons. The molecule has 6 nitrogen and oxygen atoms in total. The number of fused-ring (bicyclic) bond motifs is 4. The number of hydrogen-bond donors (Lipinski definition) is 0. The van der Waals surface area contributed by atoms with Crippen molar-refractivity contribution in [2.45, 2.75) is 33.2 Å². The summed E-state index contributed by atoms with van der Waals surface area (Å²) in [5, 5.41) is 0.359. The number of hydrogen-bond acceptors (Lipinski definition) is 4. The van der Waals surface area contributed by atoms with Gasteiger partial charge in [0.1, 0.15) is 22.5 Å². The maximum absolute atomic E-state index is 14.8. The molecule has 0 N–H and O–H groups in total. The highest BCUT2D eigenvalue weighted by Gasteiger charge is 2.24. The van der Waals surface area contributed by atoms with Crippen LogP contribution in [-0.2, 0) is 0 Å². The average molecular weight is 401 g/mol. The lowest BCUT2D eigenvalue weighted by atomic mass is 10.2. The minimum Gasteiger partial charge on any atom is -0.293 e. The zero-order valence-electron chi connectivity index (χ0n) is 16.9. The number of benzene rings is 2. The van der Waals surface area contributed by atoms with Gasteiger partial charge >= 0.3 is 0 Å². The molecule has 3 aromatic heterocycles. The lowest BCUT2D eigenvalue weighted by Crippen LogP contribution is -2.26. The monoisotopic (exact) mass is 401 g/mol. The van der Waals surface area contributed by atoms with Crippen LogP contribution in [-0.4, -0.2) is 24.1 Å². The van der Waals surface area contributed by atoms with Crippen LogP contribution in [0.3, 0.4) is 0 Å². The summed E-state index contributed by atoms with van der Waals surface area (Å²) < 4.78 is 18.1. The van der Waals surface area contributed by atoms with E-state index in [0.717, 1.165) is 6.42 Å². The van der Waals surface area contributed by atoms with Crippen molar-refractivity contribution in [3.8, 4) is 5.69 Å². The van der Waals surface area contributed by atoms with E-state index < -0.39 is 5.82 Å². The van der Waals surface area contributed by atoms with Gasteiger partial charge in [0.2, 0.25) is 0 Å². The van der Waals surface area contributed by atoms with Crippen LogP contribution in [0.25, 0.3) is 38.9 Å². The second-order valence-electron chi connectivity index (χ2n) is 7.46. The summed E-state index contributed by atoms with van der Waals surface area (Å²) in [5.74, 6) is 0.156. The predicted octanol–water partition coefficient (Wildman–Crippen LogP) is 4.70. The summed E-state index contributed by atoms with van der Waals surface area (Å²) in [7, 11) is 0. The van der Waals surface area contributed by atoms with Gasteiger partial charge in [-0.25, -0.2) is 19.3 Å². The van der Waals surface area contributed by atoms with E-state index in [-0.39, 0.29) is 17.3 Å². The smallest absolute Gasteiger partial charge is 0.265 e. The molecular formula is C23H20FN5O. The number of halogens is 1. The Morgan fingerprint density at radius 3 is 2.33 bits per heavy atom. The number of nitrogens with zero attached hydrogens (tertiary/aromatic N) is 5. The van der Waals surface area contributed by atoms with Gasteiger partial charge in [0, 0.05) is 6.04 Å². The van der Waals surface area contributed by atoms with Crippen LogP contribution in [0.5, 0.6) is 0 Å². The van der Waals surface area contributed by atoms with Crippen molar-refractivity contribution < 1.29 is 4.39 Å². The van der Waals surface area contributed by atoms with Gasteiger partial charge in [-0.15, -0.1) is 0 Å². The topological polar surface area (TPSA) is 65.6 Å². The first kappa shape index (κ1) is 18.4. The average Bonchev–Trinajstić information content (AvgIpc) is 3.05. The first-order valence-electron chi connectivity index (χ1n) is 9.96. The fraction of sp³-hybridized carbons (Fsp3) is 0.217. The second kappa shape index (κ2) is 6.73. The Bertz CT molecular complexity index is 1500. The minimum atomic E-state index is -0.420. The van der Waals surface area contributed by atoms with Crippen molar-refractivity contribution in [2.75, 3.05) is 0 Å². The van der Waals surface area contributed by atoms with Gasteiger partial charge in [0.25, 0.3) is 5.56 Å². The number of aromatic nitrogens is 5. The zero-order chi connectivity index (χ0) is 21.0. The van der Waals surface area contributed by atoms with Gasteiger partial charge in [0.15, 0.2) is 11.3 Å². The van der Waals surface area contributed by atoms with Gasteiger partial charge in [-0.05, 0) is 44.5 Å². The highest BCUT2D eigenvalue weighted by molar-refractivity contribution is 6.05. The van der Waals surface area contributed by atoms with Gasteiger partial charge in [0.05, 0.1) is 16.7 Å². The van der Waals surface area contributed by atoms with Crippen molar-refractivity contribution in [2.24, 2.45) is 0 Å². The van der Waals surface area contributed by atoms with E-state index in [9.17, 15) is 9.18 Å². The van der Waals surface area contributed by atoms with E-state index in [0.29, 0.717) is 39.1 Å². The van der Waals surface area contributed by atoms with Crippen LogP contribution in [0.2, 0.25) is 0 Å². The molecule has 0 saturated heterocycles. The zero-order valence-corrected chi connectivity index (χ0v) is 16.9. The molecule has 30 heavy (non-hydrogen) atoms. The predicted molar refractivity (Wildman–Crippen MR) is 116 cm³/mol. The molecule has 0 saturated carbocycles. The second-order valence-corrected chi connectivity index (χ2v) is 7.46. The normalized spacial score (nSPS) is 12.8. The third-order valence-corrected chi connectivity index (χ3v) is 5.61. The molecule has 5 rings (SSSR count). The van der Waals surface area contributed by atoms with E-state index in [2.05, 4.69) is 0 Å². The van der Waals surface area contributed by atoms with E-state index in [1.54, 1.807) is 34.3 Å². The van der Waals surface area contributed by atoms with E-state index >= 15 is 0 Å². The molecule has 0 amide bonds. The Labute approximate surface area is 171 Å². The number of rotatable bonds is 3. The highest BCUT2D eigenvalue weighted by atomic mass is 19.1. The molecule has 1 unspecified atom stereocenters. The SMILES string of the molecule is CCC(C)n1c(C)nc2c(c1=O)c1nc3ccccc3nc1n2-c1ccccc1F. The third kappa shape index (κ3) is 2.55. The quantitative estimate of drug-likeness (QED) is 0.439. The largest absolute Gasteiger partial charge is 0.293 e. The van der Waals surface area contributed by atoms with E-state index in [4.69, 9.17) is 15.0 Å². The molecule has 1 atom stereocenters. The third-order valence-electron chi connectivity index (χ3n) is 5.61. The van der Waals surface area contributed by atoms with Crippen molar-refractivity contribution in [3.63, 3.8) is 0 Å². The van der Waals surface area contributed by atoms with Crippen LogP contribution >= 0.6 is 0 Å². The Morgan fingerprint density at radius 1 is 0.967 bits per heavy atom. The van der Waals surface area contributed by atoms with E-state index in [1.165, 1.54) is 6.07 Å². The van der Waals surface area contributed by atoms with Crippen LogP contribution < -0.4 is 5.56 Å². The Hall–Kier alpha value is -3.61. The summed E-state index contributed by atoms with van der Waals surface area (Å²) in [6, 6.07) is 13.8. The fourth-order valence-corrected chi connectivity index (χ4v) is 3.97. The first-order chi connectivity index (χ1) is 14.5. The Kier molecular flexibility index (Phi) is 4.13. The molecule has 0 aliphatic rings. The first-order valence-corrected chi connectivity index (χ1v) is 9.96. The lowest BCUT2D eigenvalue weighted by Gasteiger charge is -2.16. The summed E-state index contributed by atoms with van der Waals surface area (Å²) >= 11 is 0. The van der Waals surface area contributed by atoms with Crippen molar-refractivity contribution >= 4 is 33.2 Å². The molecule has 0 aliphatic heterocycles. The lowest BCUT2D eigenvalue weighted by molar-refractivity contribution is 0.497. The van der Waals surface area contributed by atoms with E-state index in [1.807, 2.05) is 38.1 Å². The molecule has 5 aromatic rings. The van der Waals surface area contributed by atoms with Crippen LogP contribution in [0.1, 0.15) is 32.1 Å². The van der Waals surface area contributed by atoms with Crippen molar-refractivity contribution in [1.82, 2.24) is 24.1 Å². The molecule has 2 aromatic carbocycles. The summed E-state index contributed by atoms with van der Waals surface area (Å²) in [5.41, 5.74) is 2.66. The molecule has 0 spiro atoms. The van der Waals surface area contributed by atoms with Gasteiger partial charge in [-0.1, -0.05) is 31.2 Å². The van der Waals surface area contributed by atoms with Crippen molar-refractivity contribution in [3.05, 3.63) is 70.5 Å². The van der Waals surface area contributed by atoms with Gasteiger partial charge in [-0.3, -0.25) is 13.9 Å². The van der Waals surface area contributed by atoms with Gasteiger partial charge in [-0.2, -0.15) is 0 Å². The summed E-state index contributed by atoms with van der Waals surface area (Å²) in [6.07, 6.45) is 0.786. The Balaban J connectivity index is 2.05. The molecule has 0 bridgehead atoms. The maximum atomic E-state index is 14.8. The van der Waals surface area contributed by atoms with Crippen LogP contribution in [0.15, 0.2) is 53.3 Å². The van der Waals surface area contributed by atoms with Crippen LogP contribution in [0, 0.1) is 12.7 Å². The van der Waals surface area contributed by atoms with Crippen LogP contribution in [0.4, 0.5) is 4.39 Å². The molecule has 3 heterocycles. The molecular weight excluding hydrogens is 381 g/mol. The van der Waals surface area contributed by atoms with Crippen molar-refractivity contribution in [1.29, 1.82) is 0 Å². The summed E-state index contributed by atoms with van der Waals surface area (Å²) in [4.78, 5) is 27.8. The molecule has 0 radical (unpaired) electrons. The number of para-hydroxylation sites is 3. The highest BCUT2D eigenvalue weighted by Crippen LogP contribution is 2.30. The van der Waals surface area contributed by atoms with Gasteiger partial charge < -0.3 is 0 Å². The maximum Gasteiger partial charge on any atom is 0.265 e.